The van der Waals surface area contributed by atoms with Gasteiger partial charge in [-0.1, -0.05) is 29.9 Å². The number of pyridine rings is 1. The van der Waals surface area contributed by atoms with Gasteiger partial charge in [0, 0.05) is 18.8 Å². The third-order valence-corrected chi connectivity index (χ3v) is 4.59. The third-order valence-electron chi connectivity index (χ3n) is 3.50. The van der Waals surface area contributed by atoms with Crippen LogP contribution >= 0.6 is 11.3 Å². The van der Waals surface area contributed by atoms with E-state index in [1.165, 1.54) is 12.3 Å². The molecule has 0 unspecified atom stereocenters. The molecular weight excluding hydrogens is 374 g/mol. The highest BCUT2D eigenvalue weighted by atomic mass is 32.1. The molecule has 0 fully saturated rings. The minimum absolute atomic E-state index is 0.0421. The molecule has 7 heteroatoms. The summed E-state index contributed by atoms with van der Waals surface area (Å²) in [7, 11) is 0. The van der Waals surface area contributed by atoms with E-state index in [2.05, 4.69) is 33.7 Å². The molecule has 0 atom stereocenters. The van der Waals surface area contributed by atoms with Crippen LogP contribution in [0.1, 0.15) is 50.5 Å². The molecule has 0 aliphatic heterocycles. The number of nitrogens with zero attached hydrogens (tertiary/aromatic N) is 2. The molecular formula is C21H21N3O3S. The number of unbranched alkanes of at least 4 members (excludes halogenated alkanes) is 1. The Morgan fingerprint density at radius 3 is 2.82 bits per heavy atom. The SMILES string of the molecule is C=C(O)CC#CCC/C=C/C(=O)c1sc(NC(=O)c2cncc(C)c2)nc1C. The van der Waals surface area contributed by atoms with Crippen molar-refractivity contribution >= 4 is 28.2 Å². The molecule has 0 aromatic carbocycles. The van der Waals surface area contributed by atoms with Crippen molar-refractivity contribution in [3.05, 3.63) is 64.6 Å². The Bertz CT molecular complexity index is 980. The van der Waals surface area contributed by atoms with Crippen molar-refractivity contribution in [3.8, 4) is 11.8 Å². The van der Waals surface area contributed by atoms with Crippen molar-refractivity contribution in [2.24, 2.45) is 0 Å². The first-order chi connectivity index (χ1) is 13.4. The molecule has 6 nitrogen and oxygen atoms in total. The Labute approximate surface area is 168 Å². The number of hydrogen-bond donors (Lipinski definition) is 2. The number of aromatic nitrogens is 2. The second-order valence-corrected chi connectivity index (χ2v) is 7.04. The molecule has 0 saturated heterocycles. The zero-order chi connectivity index (χ0) is 20.5. The zero-order valence-electron chi connectivity index (χ0n) is 15.8. The molecule has 2 N–H and O–H groups in total. The number of hydrogen-bond acceptors (Lipinski definition) is 6. The van der Waals surface area contributed by atoms with Crippen molar-refractivity contribution < 1.29 is 14.7 Å². The molecule has 2 aromatic rings. The maximum Gasteiger partial charge on any atom is 0.259 e. The Morgan fingerprint density at radius 2 is 2.11 bits per heavy atom. The number of carbonyl (C=O) groups is 2. The summed E-state index contributed by atoms with van der Waals surface area (Å²) in [5.41, 5.74) is 1.89. The normalized spacial score (nSPS) is 10.4. The van der Waals surface area contributed by atoms with Crippen LogP contribution in [0.15, 0.2) is 43.0 Å². The Hall–Kier alpha value is -3.24. The molecule has 0 saturated carbocycles. The number of thiazole rings is 1. The molecule has 2 rings (SSSR count). The highest BCUT2D eigenvalue weighted by Crippen LogP contribution is 2.24. The first kappa shape index (κ1) is 21.1. The maximum absolute atomic E-state index is 12.3. The lowest BCUT2D eigenvalue weighted by Gasteiger charge is -2.01. The van der Waals surface area contributed by atoms with Gasteiger partial charge in [-0.05, 0) is 38.0 Å². The van der Waals surface area contributed by atoms with Crippen molar-refractivity contribution in [1.29, 1.82) is 0 Å². The van der Waals surface area contributed by atoms with E-state index in [1.807, 2.05) is 6.92 Å². The van der Waals surface area contributed by atoms with E-state index in [4.69, 9.17) is 5.11 Å². The lowest BCUT2D eigenvalue weighted by molar-refractivity contribution is 0.102. The van der Waals surface area contributed by atoms with Gasteiger partial charge in [-0.25, -0.2) is 4.98 Å². The van der Waals surface area contributed by atoms with Gasteiger partial charge in [-0.2, -0.15) is 0 Å². The van der Waals surface area contributed by atoms with Gasteiger partial charge in [0.15, 0.2) is 10.9 Å². The highest BCUT2D eigenvalue weighted by molar-refractivity contribution is 7.18. The molecule has 1 amide bonds. The molecule has 0 aliphatic rings. The molecule has 0 spiro atoms. The Balaban J connectivity index is 1.94. The lowest BCUT2D eigenvalue weighted by Crippen LogP contribution is -2.12. The van der Waals surface area contributed by atoms with E-state index in [9.17, 15) is 9.59 Å². The standard InChI is InChI=1S/C21H21N3O3S/c1-14-11-17(13-22-12-14)20(27)24-21-23-16(3)19(28-21)18(26)10-8-6-4-5-7-9-15(2)25/h8,10-13,25H,2,4,6,9H2,1,3H3,(H,23,24,27)/b10-8+. The predicted molar refractivity (Wildman–Crippen MR) is 111 cm³/mol. The second kappa shape index (κ2) is 10.2. The van der Waals surface area contributed by atoms with Gasteiger partial charge in [-0.3, -0.25) is 19.9 Å². The topological polar surface area (TPSA) is 92.2 Å². The summed E-state index contributed by atoms with van der Waals surface area (Å²) < 4.78 is 0. The van der Waals surface area contributed by atoms with E-state index < -0.39 is 0 Å². The van der Waals surface area contributed by atoms with Gasteiger partial charge in [0.05, 0.1) is 28.3 Å². The van der Waals surface area contributed by atoms with Gasteiger partial charge < -0.3 is 5.11 Å². The summed E-state index contributed by atoms with van der Waals surface area (Å²) in [4.78, 5) is 33.4. The number of allylic oxidation sites excluding steroid dienone is 3. The maximum atomic E-state index is 12.3. The number of rotatable bonds is 7. The Morgan fingerprint density at radius 1 is 1.32 bits per heavy atom. The first-order valence-corrected chi connectivity index (χ1v) is 9.42. The number of anilines is 1. The van der Waals surface area contributed by atoms with Crippen molar-refractivity contribution in [1.82, 2.24) is 9.97 Å². The summed E-state index contributed by atoms with van der Waals surface area (Å²) in [6.45, 7) is 6.94. The Kier molecular flexibility index (Phi) is 7.66. The third kappa shape index (κ3) is 6.49. The van der Waals surface area contributed by atoms with Crippen LogP contribution in [0.3, 0.4) is 0 Å². The first-order valence-electron chi connectivity index (χ1n) is 8.60. The fourth-order valence-electron chi connectivity index (χ4n) is 2.20. The van der Waals surface area contributed by atoms with E-state index in [-0.39, 0.29) is 23.9 Å². The lowest BCUT2D eigenvalue weighted by atomic mass is 10.2. The monoisotopic (exact) mass is 395 g/mol. The van der Waals surface area contributed by atoms with Crippen molar-refractivity contribution in [2.75, 3.05) is 5.32 Å². The number of aliphatic hydroxyl groups excluding tert-OH is 1. The smallest absolute Gasteiger partial charge is 0.259 e. The largest absolute Gasteiger partial charge is 0.512 e. The summed E-state index contributed by atoms with van der Waals surface area (Å²) in [6.07, 6.45) is 7.86. The van der Waals surface area contributed by atoms with Gasteiger partial charge in [-0.15, -0.1) is 5.92 Å². The average Bonchev–Trinajstić information content (AvgIpc) is 3.00. The average molecular weight is 395 g/mol. The van der Waals surface area contributed by atoms with Crippen LogP contribution in [0, 0.1) is 25.7 Å². The molecule has 144 valence electrons. The van der Waals surface area contributed by atoms with E-state index >= 15 is 0 Å². The van der Waals surface area contributed by atoms with Gasteiger partial charge in [0.2, 0.25) is 0 Å². The molecule has 0 aliphatic carbocycles. The number of aliphatic hydroxyl groups is 1. The molecule has 2 aromatic heterocycles. The van der Waals surface area contributed by atoms with Crippen LogP contribution in [0.25, 0.3) is 0 Å². The summed E-state index contributed by atoms with van der Waals surface area (Å²) >= 11 is 1.14. The van der Waals surface area contributed by atoms with Gasteiger partial charge in [0.1, 0.15) is 0 Å². The van der Waals surface area contributed by atoms with Crippen LogP contribution in [-0.4, -0.2) is 26.8 Å². The van der Waals surface area contributed by atoms with Crippen LogP contribution in [0.4, 0.5) is 5.13 Å². The fourth-order valence-corrected chi connectivity index (χ4v) is 3.08. The quantitative estimate of drug-likeness (QED) is 0.238. The van der Waals surface area contributed by atoms with Crippen LogP contribution < -0.4 is 5.32 Å². The fraction of sp³-hybridized carbons (Fsp3) is 0.238. The predicted octanol–water partition coefficient (Wildman–Crippen LogP) is 4.39. The minimum Gasteiger partial charge on any atom is -0.512 e. The van der Waals surface area contributed by atoms with Gasteiger partial charge >= 0.3 is 0 Å². The summed E-state index contributed by atoms with van der Waals surface area (Å²) in [5, 5.41) is 12.0. The number of aryl methyl sites for hydroxylation is 2. The number of carbonyl (C=O) groups excluding carboxylic acids is 2. The van der Waals surface area contributed by atoms with Gasteiger partial charge in [0.25, 0.3) is 5.91 Å². The van der Waals surface area contributed by atoms with Crippen LogP contribution in [0.2, 0.25) is 0 Å². The number of ketones is 1. The van der Waals surface area contributed by atoms with Crippen molar-refractivity contribution in [2.45, 2.75) is 33.1 Å². The summed E-state index contributed by atoms with van der Waals surface area (Å²) in [5.74, 6) is 5.24. The van der Waals surface area contributed by atoms with E-state index in [1.54, 1.807) is 25.3 Å². The number of amides is 1. The molecule has 2 heterocycles. The van der Waals surface area contributed by atoms with Crippen molar-refractivity contribution in [3.63, 3.8) is 0 Å². The molecule has 28 heavy (non-hydrogen) atoms. The van der Waals surface area contributed by atoms with E-state index in [0.717, 1.165) is 16.9 Å². The highest BCUT2D eigenvalue weighted by Gasteiger charge is 2.15. The zero-order valence-corrected chi connectivity index (χ0v) is 16.6. The summed E-state index contributed by atoms with van der Waals surface area (Å²) in [6, 6.07) is 1.73. The van der Waals surface area contributed by atoms with E-state index in [0.29, 0.717) is 34.1 Å². The molecule has 0 bridgehead atoms. The van der Waals surface area contributed by atoms with Crippen LogP contribution in [0.5, 0.6) is 0 Å². The second-order valence-electron chi connectivity index (χ2n) is 6.04. The van der Waals surface area contributed by atoms with Crippen LogP contribution in [-0.2, 0) is 0 Å². The number of nitrogens with one attached hydrogen (secondary N) is 1. The molecule has 0 radical (unpaired) electrons. The minimum atomic E-state index is -0.316.